The van der Waals surface area contributed by atoms with Crippen LogP contribution in [0.3, 0.4) is 0 Å². The molecule has 0 aromatic heterocycles. The van der Waals surface area contributed by atoms with Crippen molar-refractivity contribution in [2.24, 2.45) is 0 Å². The highest BCUT2D eigenvalue weighted by atomic mass is 35.5. The van der Waals surface area contributed by atoms with Gasteiger partial charge in [0.2, 0.25) is 5.91 Å². The van der Waals surface area contributed by atoms with E-state index in [0.717, 1.165) is 10.1 Å². The third-order valence-electron chi connectivity index (χ3n) is 4.88. The molecule has 3 rings (SSSR count). The molecule has 0 atom stereocenters. The first-order valence-electron chi connectivity index (χ1n) is 10.2. The van der Waals surface area contributed by atoms with Crippen LogP contribution in [0.2, 0.25) is 10.0 Å². The molecule has 0 aliphatic heterocycles. The molecule has 9 heteroatoms. The lowest BCUT2D eigenvalue weighted by molar-refractivity contribution is -0.119. The predicted octanol–water partition coefficient (Wildman–Crippen LogP) is 5.55. The second-order valence-corrected chi connectivity index (χ2v) is 11.1. The maximum absolute atomic E-state index is 13.3. The topological polar surface area (TPSA) is 66.5 Å². The molecule has 1 N–H and O–H groups in total. The number of carbonyl (C=O) groups is 1. The number of rotatable bonds is 10. The maximum Gasteiger partial charge on any atom is 0.264 e. The molecule has 0 saturated heterocycles. The molecule has 0 bridgehead atoms. The van der Waals surface area contributed by atoms with Crippen molar-refractivity contribution in [2.75, 3.05) is 23.1 Å². The lowest BCUT2D eigenvalue weighted by atomic mass is 10.1. The van der Waals surface area contributed by atoms with E-state index in [4.69, 9.17) is 23.2 Å². The van der Waals surface area contributed by atoms with E-state index < -0.39 is 22.5 Å². The Morgan fingerprint density at radius 3 is 2.42 bits per heavy atom. The monoisotopic (exact) mass is 522 g/mol. The van der Waals surface area contributed by atoms with E-state index in [1.165, 1.54) is 35.4 Å². The molecular weight excluding hydrogens is 499 g/mol. The van der Waals surface area contributed by atoms with E-state index in [9.17, 15) is 13.2 Å². The molecule has 174 valence electrons. The number of nitrogens with zero attached hydrogens (tertiary/aromatic N) is 1. The van der Waals surface area contributed by atoms with E-state index >= 15 is 0 Å². The highest BCUT2D eigenvalue weighted by Crippen LogP contribution is 2.32. The van der Waals surface area contributed by atoms with Crippen LogP contribution in [0.4, 0.5) is 5.69 Å². The normalized spacial score (nSPS) is 11.2. The highest BCUT2D eigenvalue weighted by Gasteiger charge is 2.28. The Labute approximate surface area is 209 Å². The van der Waals surface area contributed by atoms with Crippen LogP contribution in [0.15, 0.2) is 77.7 Å². The summed E-state index contributed by atoms with van der Waals surface area (Å²) in [6, 6.07) is 20.6. The minimum absolute atomic E-state index is 0.0580. The van der Waals surface area contributed by atoms with Crippen molar-refractivity contribution < 1.29 is 13.2 Å². The fourth-order valence-electron chi connectivity index (χ4n) is 3.10. The summed E-state index contributed by atoms with van der Waals surface area (Å²) in [5.41, 5.74) is 2.64. The van der Waals surface area contributed by atoms with Crippen LogP contribution in [0.1, 0.15) is 11.1 Å². The molecule has 0 fully saturated rings. The highest BCUT2D eigenvalue weighted by molar-refractivity contribution is 7.98. The summed E-state index contributed by atoms with van der Waals surface area (Å²) < 4.78 is 27.7. The number of halogens is 2. The van der Waals surface area contributed by atoms with Gasteiger partial charge < -0.3 is 5.32 Å². The van der Waals surface area contributed by atoms with Crippen molar-refractivity contribution in [3.05, 3.63) is 94.0 Å². The van der Waals surface area contributed by atoms with Gasteiger partial charge in [0.1, 0.15) is 6.54 Å². The van der Waals surface area contributed by atoms with Gasteiger partial charge in [-0.25, -0.2) is 8.42 Å². The number of carbonyl (C=O) groups excluding carboxylic acids is 1. The van der Waals surface area contributed by atoms with Crippen molar-refractivity contribution in [2.45, 2.75) is 17.6 Å². The van der Waals surface area contributed by atoms with Gasteiger partial charge in [-0.3, -0.25) is 9.10 Å². The van der Waals surface area contributed by atoms with Crippen LogP contribution in [-0.2, 0) is 20.6 Å². The number of amides is 1. The molecule has 3 aromatic carbocycles. The molecule has 5 nitrogen and oxygen atoms in total. The summed E-state index contributed by atoms with van der Waals surface area (Å²) in [5, 5.41) is 3.30. The zero-order valence-electron chi connectivity index (χ0n) is 18.0. The Morgan fingerprint density at radius 1 is 1.00 bits per heavy atom. The van der Waals surface area contributed by atoms with Gasteiger partial charge in [0.05, 0.1) is 15.6 Å². The van der Waals surface area contributed by atoms with Crippen LogP contribution < -0.4 is 9.62 Å². The Kier molecular flexibility index (Phi) is 9.09. The number of benzene rings is 3. The van der Waals surface area contributed by atoms with E-state index in [-0.39, 0.29) is 15.6 Å². The smallest absolute Gasteiger partial charge is 0.264 e. The fraction of sp³-hybridized carbons (Fsp3) is 0.208. The summed E-state index contributed by atoms with van der Waals surface area (Å²) in [6.07, 6.45) is 0. The number of anilines is 1. The molecule has 0 spiro atoms. The van der Waals surface area contributed by atoms with Gasteiger partial charge in [-0.1, -0.05) is 65.7 Å². The first-order chi connectivity index (χ1) is 15.8. The summed E-state index contributed by atoms with van der Waals surface area (Å²) in [4.78, 5) is 12.7. The van der Waals surface area contributed by atoms with Gasteiger partial charge in [-0.2, -0.15) is 11.8 Å². The van der Waals surface area contributed by atoms with Crippen LogP contribution in [-0.4, -0.2) is 33.2 Å². The summed E-state index contributed by atoms with van der Waals surface area (Å²) in [5.74, 6) is 1.11. The van der Waals surface area contributed by atoms with E-state index in [1.54, 1.807) is 36.0 Å². The summed E-state index contributed by atoms with van der Waals surface area (Å²) >= 11 is 14.1. The predicted molar refractivity (Wildman–Crippen MR) is 138 cm³/mol. The zero-order valence-corrected chi connectivity index (χ0v) is 21.1. The van der Waals surface area contributed by atoms with Gasteiger partial charge in [0, 0.05) is 23.1 Å². The lowest BCUT2D eigenvalue weighted by Crippen LogP contribution is -2.41. The van der Waals surface area contributed by atoms with E-state index in [1.807, 2.05) is 12.1 Å². The van der Waals surface area contributed by atoms with Gasteiger partial charge >= 0.3 is 0 Å². The average molecular weight is 524 g/mol. The van der Waals surface area contributed by atoms with Crippen molar-refractivity contribution in [3.63, 3.8) is 0 Å². The molecule has 0 heterocycles. The second kappa shape index (κ2) is 11.8. The molecule has 0 unspecified atom stereocenters. The first-order valence-corrected chi connectivity index (χ1v) is 13.6. The minimum atomic E-state index is -4.04. The maximum atomic E-state index is 13.3. The molecule has 33 heavy (non-hydrogen) atoms. The molecule has 0 radical (unpaired) electrons. The van der Waals surface area contributed by atoms with Crippen LogP contribution in [0, 0.1) is 6.92 Å². The Bertz CT molecular complexity index is 1210. The molecule has 0 saturated carbocycles. The molecule has 0 aliphatic carbocycles. The third kappa shape index (κ3) is 6.90. The van der Waals surface area contributed by atoms with Gasteiger partial charge in [-0.05, 0) is 48.4 Å². The van der Waals surface area contributed by atoms with E-state index in [2.05, 4.69) is 24.4 Å². The SMILES string of the molecule is Cc1ccccc1CSCCNC(=O)CN(c1cc(Cl)ccc1Cl)S(=O)(=O)c1ccccc1. The van der Waals surface area contributed by atoms with Crippen molar-refractivity contribution in [1.29, 1.82) is 0 Å². The molecule has 0 aliphatic rings. The Hall–Kier alpha value is -2.19. The van der Waals surface area contributed by atoms with Crippen molar-refractivity contribution >= 4 is 56.6 Å². The zero-order chi connectivity index (χ0) is 23.8. The summed E-state index contributed by atoms with van der Waals surface area (Å²) in [7, 11) is -4.04. The number of aryl methyl sites for hydroxylation is 1. The van der Waals surface area contributed by atoms with Crippen LogP contribution >= 0.6 is 35.0 Å². The van der Waals surface area contributed by atoms with Crippen LogP contribution in [0.25, 0.3) is 0 Å². The minimum Gasteiger partial charge on any atom is -0.354 e. The fourth-order valence-corrected chi connectivity index (χ4v) is 5.92. The van der Waals surface area contributed by atoms with Gasteiger partial charge in [-0.15, -0.1) is 0 Å². The Morgan fingerprint density at radius 2 is 1.70 bits per heavy atom. The molecular formula is C24H24Cl2N2O3S2. The van der Waals surface area contributed by atoms with Crippen molar-refractivity contribution in [1.82, 2.24) is 5.32 Å². The lowest BCUT2D eigenvalue weighted by Gasteiger charge is -2.25. The first kappa shape index (κ1) is 25.4. The number of hydrogen-bond donors (Lipinski definition) is 1. The standard InChI is InChI=1S/C24H24Cl2N2O3S2/c1-18-7-5-6-8-19(18)17-32-14-13-27-24(29)16-28(23-15-20(25)11-12-22(23)26)33(30,31)21-9-3-2-4-10-21/h2-12,15H,13-14,16-17H2,1H3,(H,27,29). The quantitative estimate of drug-likeness (QED) is 0.354. The second-order valence-electron chi connectivity index (χ2n) is 7.25. The third-order valence-corrected chi connectivity index (χ3v) is 8.22. The molecule has 1 amide bonds. The average Bonchev–Trinajstić information content (AvgIpc) is 2.80. The van der Waals surface area contributed by atoms with Gasteiger partial charge in [0.15, 0.2) is 0 Å². The van der Waals surface area contributed by atoms with Crippen LogP contribution in [0.5, 0.6) is 0 Å². The largest absolute Gasteiger partial charge is 0.354 e. The Balaban J connectivity index is 1.68. The number of hydrogen-bond acceptors (Lipinski definition) is 4. The molecule has 3 aromatic rings. The number of thioether (sulfide) groups is 1. The van der Waals surface area contributed by atoms with E-state index in [0.29, 0.717) is 17.3 Å². The van der Waals surface area contributed by atoms with Crippen molar-refractivity contribution in [3.8, 4) is 0 Å². The summed E-state index contributed by atoms with van der Waals surface area (Å²) in [6.45, 7) is 2.07. The number of sulfonamides is 1. The number of nitrogens with one attached hydrogen (secondary N) is 1. The van der Waals surface area contributed by atoms with Gasteiger partial charge in [0.25, 0.3) is 10.0 Å².